The molecule has 1 heterocycles. The van der Waals surface area contributed by atoms with Gasteiger partial charge in [0.15, 0.2) is 0 Å². The van der Waals surface area contributed by atoms with E-state index in [1.165, 1.54) is 0 Å². The zero-order valence-corrected chi connectivity index (χ0v) is 9.08. The van der Waals surface area contributed by atoms with Crippen molar-refractivity contribution in [1.82, 2.24) is 4.90 Å². The van der Waals surface area contributed by atoms with E-state index in [1.54, 1.807) is 0 Å². The molecule has 0 radical (unpaired) electrons. The number of hydrogen-bond acceptors (Lipinski definition) is 2. The molecule has 1 N–H and O–H groups in total. The van der Waals surface area contributed by atoms with E-state index in [0.29, 0.717) is 6.04 Å². The summed E-state index contributed by atoms with van der Waals surface area (Å²) in [6.45, 7) is 6.99. The molecule has 0 spiro atoms. The van der Waals surface area contributed by atoms with E-state index < -0.39 is 5.97 Å². The standard InChI is InChI=1S/C8H15NO2.C2H6/c1-6-5-7(8(10)11)3-4-9(6)2;1-2/h6-7H,3-5H2,1-2H3,(H,10,11);1-2H3. The van der Waals surface area contributed by atoms with Gasteiger partial charge in [0.05, 0.1) is 5.92 Å². The highest BCUT2D eigenvalue weighted by Crippen LogP contribution is 2.21. The molecule has 0 amide bonds. The average Bonchev–Trinajstić information content (AvgIpc) is 2.13. The van der Waals surface area contributed by atoms with Crippen molar-refractivity contribution in [3.8, 4) is 0 Å². The zero-order chi connectivity index (χ0) is 10.4. The summed E-state index contributed by atoms with van der Waals surface area (Å²) >= 11 is 0. The van der Waals surface area contributed by atoms with Crippen LogP contribution in [0.2, 0.25) is 0 Å². The number of rotatable bonds is 1. The topological polar surface area (TPSA) is 40.5 Å². The fourth-order valence-corrected chi connectivity index (χ4v) is 1.51. The smallest absolute Gasteiger partial charge is 0.306 e. The van der Waals surface area contributed by atoms with Gasteiger partial charge in [-0.1, -0.05) is 13.8 Å². The van der Waals surface area contributed by atoms with Crippen molar-refractivity contribution in [2.24, 2.45) is 5.92 Å². The first kappa shape index (κ1) is 12.4. The summed E-state index contributed by atoms with van der Waals surface area (Å²) in [5.74, 6) is -0.744. The molecule has 1 rings (SSSR count). The van der Waals surface area contributed by atoms with Crippen molar-refractivity contribution < 1.29 is 9.90 Å². The Hall–Kier alpha value is -0.570. The molecule has 1 saturated heterocycles. The largest absolute Gasteiger partial charge is 0.481 e. The van der Waals surface area contributed by atoms with Crippen molar-refractivity contribution in [3.63, 3.8) is 0 Å². The monoisotopic (exact) mass is 187 g/mol. The Bertz CT molecular complexity index is 159. The van der Waals surface area contributed by atoms with E-state index in [2.05, 4.69) is 11.8 Å². The Kier molecular flexibility index (Phi) is 5.71. The maximum absolute atomic E-state index is 10.6. The first-order chi connectivity index (χ1) is 6.11. The third-order valence-corrected chi connectivity index (χ3v) is 2.56. The predicted molar refractivity (Wildman–Crippen MR) is 53.8 cm³/mol. The summed E-state index contributed by atoms with van der Waals surface area (Å²) in [6, 6.07) is 0.421. The van der Waals surface area contributed by atoms with Gasteiger partial charge in [0, 0.05) is 6.04 Å². The lowest BCUT2D eigenvalue weighted by Crippen LogP contribution is -2.39. The van der Waals surface area contributed by atoms with Crippen molar-refractivity contribution in [3.05, 3.63) is 0 Å². The van der Waals surface area contributed by atoms with Crippen LogP contribution in [0.3, 0.4) is 0 Å². The van der Waals surface area contributed by atoms with E-state index in [1.807, 2.05) is 20.9 Å². The van der Waals surface area contributed by atoms with E-state index in [0.717, 1.165) is 19.4 Å². The fraction of sp³-hybridized carbons (Fsp3) is 0.900. The molecule has 78 valence electrons. The lowest BCUT2D eigenvalue weighted by atomic mass is 9.92. The summed E-state index contributed by atoms with van der Waals surface area (Å²) in [6.07, 6.45) is 1.60. The van der Waals surface area contributed by atoms with Crippen molar-refractivity contribution in [1.29, 1.82) is 0 Å². The van der Waals surface area contributed by atoms with Gasteiger partial charge >= 0.3 is 5.97 Å². The molecule has 3 heteroatoms. The summed E-state index contributed by atoms with van der Waals surface area (Å²) in [4.78, 5) is 12.8. The Morgan fingerprint density at radius 2 is 2.00 bits per heavy atom. The molecule has 1 aliphatic heterocycles. The van der Waals surface area contributed by atoms with Crippen molar-refractivity contribution in [2.45, 2.75) is 39.7 Å². The molecule has 0 aromatic carbocycles. The second-order valence-electron chi connectivity index (χ2n) is 3.39. The van der Waals surface area contributed by atoms with Gasteiger partial charge in [0.25, 0.3) is 0 Å². The highest BCUT2D eigenvalue weighted by molar-refractivity contribution is 5.70. The Balaban J connectivity index is 0.000000671. The minimum atomic E-state index is -0.634. The summed E-state index contributed by atoms with van der Waals surface area (Å²) < 4.78 is 0. The molecule has 1 fully saturated rings. The lowest BCUT2D eigenvalue weighted by molar-refractivity contribution is -0.143. The van der Waals surface area contributed by atoms with Gasteiger partial charge in [-0.25, -0.2) is 0 Å². The van der Waals surface area contributed by atoms with Crippen LogP contribution in [0.15, 0.2) is 0 Å². The van der Waals surface area contributed by atoms with E-state index >= 15 is 0 Å². The van der Waals surface area contributed by atoms with Crippen LogP contribution in [0.5, 0.6) is 0 Å². The second-order valence-corrected chi connectivity index (χ2v) is 3.39. The average molecular weight is 187 g/mol. The molecule has 0 aliphatic carbocycles. The number of carboxylic acid groups (broad SMARTS) is 1. The Morgan fingerprint density at radius 1 is 1.46 bits per heavy atom. The molecule has 0 aromatic rings. The van der Waals surface area contributed by atoms with Gasteiger partial charge in [-0.3, -0.25) is 4.79 Å². The predicted octanol–water partition coefficient (Wildman–Crippen LogP) is 1.83. The number of likely N-dealkylation sites (tertiary alicyclic amines) is 1. The van der Waals surface area contributed by atoms with Gasteiger partial charge in [-0.2, -0.15) is 0 Å². The maximum atomic E-state index is 10.6. The van der Waals surface area contributed by atoms with E-state index in [-0.39, 0.29) is 5.92 Å². The van der Waals surface area contributed by atoms with Gasteiger partial charge in [-0.15, -0.1) is 0 Å². The Labute approximate surface area is 80.7 Å². The van der Waals surface area contributed by atoms with E-state index in [4.69, 9.17) is 5.11 Å². The number of carbonyl (C=O) groups is 1. The van der Waals surface area contributed by atoms with Crippen LogP contribution in [-0.4, -0.2) is 35.6 Å². The normalized spacial score (nSPS) is 28.9. The number of hydrogen-bond donors (Lipinski definition) is 1. The van der Waals surface area contributed by atoms with Gasteiger partial charge in [-0.05, 0) is 33.4 Å². The Morgan fingerprint density at radius 3 is 2.38 bits per heavy atom. The number of piperidine rings is 1. The molecule has 13 heavy (non-hydrogen) atoms. The lowest BCUT2D eigenvalue weighted by Gasteiger charge is -2.32. The quantitative estimate of drug-likeness (QED) is 0.680. The van der Waals surface area contributed by atoms with Gasteiger partial charge < -0.3 is 10.0 Å². The third-order valence-electron chi connectivity index (χ3n) is 2.56. The van der Waals surface area contributed by atoms with Crippen LogP contribution >= 0.6 is 0 Å². The minimum Gasteiger partial charge on any atom is -0.481 e. The van der Waals surface area contributed by atoms with E-state index in [9.17, 15) is 4.79 Å². The molecule has 0 saturated carbocycles. The van der Waals surface area contributed by atoms with Crippen LogP contribution < -0.4 is 0 Å². The number of aliphatic carboxylic acids is 1. The van der Waals surface area contributed by atoms with Crippen LogP contribution in [0, 0.1) is 5.92 Å². The van der Waals surface area contributed by atoms with Crippen LogP contribution in [0.1, 0.15) is 33.6 Å². The van der Waals surface area contributed by atoms with Gasteiger partial charge in [0.2, 0.25) is 0 Å². The molecule has 3 nitrogen and oxygen atoms in total. The van der Waals surface area contributed by atoms with Crippen LogP contribution in [-0.2, 0) is 4.79 Å². The molecule has 2 unspecified atom stereocenters. The number of nitrogens with zero attached hydrogens (tertiary/aromatic N) is 1. The zero-order valence-electron chi connectivity index (χ0n) is 9.08. The molecule has 0 aromatic heterocycles. The fourth-order valence-electron chi connectivity index (χ4n) is 1.51. The summed E-state index contributed by atoms with van der Waals surface area (Å²) in [5, 5.41) is 8.72. The number of carboxylic acids is 1. The minimum absolute atomic E-state index is 0.110. The molecular formula is C10H21NO2. The van der Waals surface area contributed by atoms with Gasteiger partial charge in [0.1, 0.15) is 0 Å². The third kappa shape index (κ3) is 3.77. The summed E-state index contributed by atoms with van der Waals surface area (Å²) in [5.41, 5.74) is 0. The van der Waals surface area contributed by atoms with Crippen molar-refractivity contribution >= 4 is 5.97 Å². The SMILES string of the molecule is CC.CC1CC(C(=O)O)CCN1C. The molecule has 0 bridgehead atoms. The molecule has 2 atom stereocenters. The van der Waals surface area contributed by atoms with Crippen molar-refractivity contribution in [2.75, 3.05) is 13.6 Å². The first-order valence-electron chi connectivity index (χ1n) is 5.04. The van der Waals surface area contributed by atoms with Crippen LogP contribution in [0.4, 0.5) is 0 Å². The molecular weight excluding hydrogens is 166 g/mol. The van der Waals surface area contributed by atoms with Crippen LogP contribution in [0.25, 0.3) is 0 Å². The molecule has 1 aliphatic rings. The summed E-state index contributed by atoms with van der Waals surface area (Å²) in [7, 11) is 2.04. The maximum Gasteiger partial charge on any atom is 0.306 e. The second kappa shape index (κ2) is 5.97. The highest BCUT2D eigenvalue weighted by Gasteiger charge is 2.27. The highest BCUT2D eigenvalue weighted by atomic mass is 16.4. The first-order valence-corrected chi connectivity index (χ1v) is 5.04.